The number of para-hydroxylation sites is 1. The van der Waals surface area contributed by atoms with Crippen LogP contribution < -0.4 is 14.5 Å². The number of hydrogen-bond donors (Lipinski definition) is 0. The quantitative estimate of drug-likeness (QED) is 0.621. The zero-order valence-electron chi connectivity index (χ0n) is 17.9. The van der Waals surface area contributed by atoms with Gasteiger partial charge >= 0.3 is 0 Å². The van der Waals surface area contributed by atoms with E-state index in [2.05, 4.69) is 45.0 Å². The smallest absolute Gasteiger partial charge is 0.225 e. The Bertz CT molecular complexity index is 1000. The second-order valence-electron chi connectivity index (χ2n) is 8.24. The molecule has 3 heterocycles. The van der Waals surface area contributed by atoms with Crippen molar-refractivity contribution >= 4 is 38.3 Å². The van der Waals surface area contributed by atoms with Gasteiger partial charge in [0.1, 0.15) is 5.75 Å². The van der Waals surface area contributed by atoms with Gasteiger partial charge in [-0.3, -0.25) is 4.79 Å². The van der Waals surface area contributed by atoms with E-state index in [1.54, 1.807) is 18.4 Å². The van der Waals surface area contributed by atoms with Crippen molar-refractivity contribution in [3.8, 4) is 5.75 Å². The first kappa shape index (κ1) is 20.1. The third kappa shape index (κ3) is 4.19. The molecule has 0 saturated carbocycles. The highest BCUT2D eigenvalue weighted by molar-refractivity contribution is 7.22. The molecule has 1 amide bonds. The van der Waals surface area contributed by atoms with Crippen LogP contribution in [0.5, 0.6) is 5.75 Å². The molecule has 2 aromatic carbocycles. The van der Waals surface area contributed by atoms with Crippen LogP contribution in [0.1, 0.15) is 12.8 Å². The van der Waals surface area contributed by atoms with E-state index in [0.29, 0.717) is 5.91 Å². The third-order valence-corrected chi connectivity index (χ3v) is 7.52. The summed E-state index contributed by atoms with van der Waals surface area (Å²) in [4.78, 5) is 24.7. The maximum Gasteiger partial charge on any atom is 0.225 e. The molecule has 0 radical (unpaired) electrons. The van der Waals surface area contributed by atoms with Crippen molar-refractivity contribution < 1.29 is 9.53 Å². The van der Waals surface area contributed by atoms with Crippen molar-refractivity contribution in [3.63, 3.8) is 0 Å². The number of anilines is 2. The summed E-state index contributed by atoms with van der Waals surface area (Å²) >= 11 is 1.75. The molecule has 0 unspecified atom stereocenters. The molecule has 0 bridgehead atoms. The van der Waals surface area contributed by atoms with E-state index in [9.17, 15) is 4.79 Å². The number of carbonyl (C=O) groups excluding carboxylic acids is 1. The zero-order chi connectivity index (χ0) is 21.2. The molecule has 5 rings (SSSR count). The molecule has 0 N–H and O–H groups in total. The van der Waals surface area contributed by atoms with Gasteiger partial charge in [0.15, 0.2) is 5.13 Å². The number of amides is 1. The number of methoxy groups -OCH3 is 1. The summed E-state index contributed by atoms with van der Waals surface area (Å²) in [6.07, 6.45) is 1.82. The first-order chi connectivity index (χ1) is 15.2. The zero-order valence-corrected chi connectivity index (χ0v) is 18.7. The Morgan fingerprint density at radius 3 is 2.32 bits per heavy atom. The molecule has 31 heavy (non-hydrogen) atoms. The van der Waals surface area contributed by atoms with E-state index in [1.807, 2.05) is 18.2 Å². The van der Waals surface area contributed by atoms with Crippen LogP contribution in [0.15, 0.2) is 48.5 Å². The summed E-state index contributed by atoms with van der Waals surface area (Å²) in [7, 11) is 1.68. The highest BCUT2D eigenvalue weighted by Gasteiger charge is 2.31. The lowest BCUT2D eigenvalue weighted by Crippen LogP contribution is -2.51. The third-order valence-electron chi connectivity index (χ3n) is 6.43. The van der Waals surface area contributed by atoms with Crippen molar-refractivity contribution in [2.45, 2.75) is 12.8 Å². The lowest BCUT2D eigenvalue weighted by atomic mass is 9.95. The summed E-state index contributed by atoms with van der Waals surface area (Å²) in [5.41, 5.74) is 2.26. The van der Waals surface area contributed by atoms with Crippen molar-refractivity contribution in [2.75, 3.05) is 56.2 Å². The Morgan fingerprint density at radius 1 is 0.935 bits per heavy atom. The van der Waals surface area contributed by atoms with Crippen LogP contribution in [-0.4, -0.2) is 62.2 Å². The van der Waals surface area contributed by atoms with Crippen LogP contribution in [0.3, 0.4) is 0 Å². The summed E-state index contributed by atoms with van der Waals surface area (Å²) in [6, 6.07) is 16.4. The van der Waals surface area contributed by atoms with Crippen molar-refractivity contribution in [1.29, 1.82) is 0 Å². The van der Waals surface area contributed by atoms with Crippen LogP contribution in [0, 0.1) is 5.92 Å². The monoisotopic (exact) mass is 436 g/mol. The summed E-state index contributed by atoms with van der Waals surface area (Å²) in [5.74, 6) is 1.34. The molecule has 2 fully saturated rings. The second kappa shape index (κ2) is 8.75. The van der Waals surface area contributed by atoms with E-state index in [1.165, 1.54) is 10.4 Å². The molecule has 2 saturated heterocycles. The van der Waals surface area contributed by atoms with Gasteiger partial charge in [0.2, 0.25) is 5.91 Å². The minimum absolute atomic E-state index is 0.137. The van der Waals surface area contributed by atoms with Gasteiger partial charge < -0.3 is 19.4 Å². The van der Waals surface area contributed by atoms with Crippen LogP contribution >= 0.6 is 11.3 Å². The fraction of sp³-hybridized carbons (Fsp3) is 0.417. The topological polar surface area (TPSA) is 48.9 Å². The number of carbonyl (C=O) groups is 1. The first-order valence-corrected chi connectivity index (χ1v) is 11.8. The molecule has 1 aromatic heterocycles. The molecule has 0 atom stereocenters. The van der Waals surface area contributed by atoms with E-state index < -0.39 is 0 Å². The van der Waals surface area contributed by atoms with Crippen LogP contribution in [0.25, 0.3) is 10.2 Å². The van der Waals surface area contributed by atoms with Gasteiger partial charge in [-0.15, -0.1) is 0 Å². The van der Waals surface area contributed by atoms with Crippen molar-refractivity contribution in [1.82, 2.24) is 9.88 Å². The Hall–Kier alpha value is -2.80. The average molecular weight is 437 g/mol. The molecule has 2 aliphatic rings. The molecule has 6 nitrogen and oxygen atoms in total. The number of ether oxygens (including phenoxy) is 1. The van der Waals surface area contributed by atoms with Gasteiger partial charge in [0.05, 0.1) is 17.3 Å². The fourth-order valence-electron chi connectivity index (χ4n) is 4.55. The van der Waals surface area contributed by atoms with Crippen LogP contribution in [0.4, 0.5) is 10.8 Å². The lowest BCUT2D eigenvalue weighted by Gasteiger charge is -2.39. The number of aromatic nitrogens is 1. The minimum Gasteiger partial charge on any atom is -0.497 e. The molecule has 162 valence electrons. The van der Waals surface area contributed by atoms with Gasteiger partial charge in [-0.25, -0.2) is 4.98 Å². The molecule has 0 spiro atoms. The Labute approximate surface area is 187 Å². The number of benzene rings is 2. The van der Waals surface area contributed by atoms with Gasteiger partial charge in [0.25, 0.3) is 0 Å². The van der Waals surface area contributed by atoms with Crippen LogP contribution in [-0.2, 0) is 4.79 Å². The first-order valence-electron chi connectivity index (χ1n) is 11.0. The predicted octanol–water partition coefficient (Wildman–Crippen LogP) is 3.87. The average Bonchev–Trinajstić information content (AvgIpc) is 3.28. The largest absolute Gasteiger partial charge is 0.497 e. The summed E-state index contributed by atoms with van der Waals surface area (Å²) in [5, 5.41) is 1.08. The number of thiazole rings is 1. The maximum absolute atomic E-state index is 13.1. The molecular weight excluding hydrogens is 408 g/mol. The number of fused-ring (bicyclic) bond motifs is 1. The molecular formula is C24H28N4O2S. The van der Waals surface area contributed by atoms with E-state index >= 15 is 0 Å². The van der Waals surface area contributed by atoms with E-state index in [0.717, 1.165) is 68.5 Å². The maximum atomic E-state index is 13.1. The molecule has 2 aliphatic heterocycles. The van der Waals surface area contributed by atoms with Gasteiger partial charge in [-0.05, 0) is 49.2 Å². The van der Waals surface area contributed by atoms with Crippen molar-refractivity contribution in [2.24, 2.45) is 5.92 Å². The van der Waals surface area contributed by atoms with Gasteiger partial charge in [-0.2, -0.15) is 0 Å². The second-order valence-corrected chi connectivity index (χ2v) is 9.24. The lowest BCUT2D eigenvalue weighted by molar-refractivity contribution is -0.136. The van der Waals surface area contributed by atoms with Crippen LogP contribution in [0.2, 0.25) is 0 Å². The van der Waals surface area contributed by atoms with Gasteiger partial charge in [0, 0.05) is 50.9 Å². The standard InChI is InChI=1S/C24H28N4O2S/c1-30-20-8-6-19(7-9-20)26-14-16-27(17-15-26)23(29)18-10-12-28(13-11-18)24-25-21-4-2-3-5-22(21)31-24/h2-9,18H,10-17H2,1H3. The Balaban J connectivity index is 1.14. The number of piperazine rings is 1. The van der Waals surface area contributed by atoms with E-state index in [-0.39, 0.29) is 5.92 Å². The summed E-state index contributed by atoms with van der Waals surface area (Å²) in [6.45, 7) is 5.15. The summed E-state index contributed by atoms with van der Waals surface area (Å²) < 4.78 is 6.47. The SMILES string of the molecule is COc1ccc(N2CCN(C(=O)C3CCN(c4nc5ccccc5s4)CC3)CC2)cc1. The molecule has 0 aliphatic carbocycles. The van der Waals surface area contributed by atoms with E-state index in [4.69, 9.17) is 9.72 Å². The Kier molecular flexibility index (Phi) is 5.68. The molecule has 7 heteroatoms. The highest BCUT2D eigenvalue weighted by atomic mass is 32.1. The number of piperidine rings is 1. The predicted molar refractivity (Wildman–Crippen MR) is 126 cm³/mol. The van der Waals surface area contributed by atoms with Crippen molar-refractivity contribution in [3.05, 3.63) is 48.5 Å². The number of nitrogens with zero attached hydrogens (tertiary/aromatic N) is 4. The highest BCUT2D eigenvalue weighted by Crippen LogP contribution is 2.32. The number of rotatable bonds is 4. The number of hydrogen-bond acceptors (Lipinski definition) is 6. The molecule has 3 aromatic rings. The normalized spacial score (nSPS) is 17.9. The fourth-order valence-corrected chi connectivity index (χ4v) is 5.57. The minimum atomic E-state index is 0.137. The Morgan fingerprint density at radius 2 is 1.65 bits per heavy atom. The van der Waals surface area contributed by atoms with Gasteiger partial charge in [-0.1, -0.05) is 23.5 Å².